The summed E-state index contributed by atoms with van der Waals surface area (Å²) < 4.78 is 0. The van der Waals surface area contributed by atoms with Crippen molar-refractivity contribution in [3.63, 3.8) is 0 Å². The van der Waals surface area contributed by atoms with E-state index < -0.39 is 0 Å². The number of nitrogens with zero attached hydrogens (tertiary/aromatic N) is 3. The number of guanidine groups is 1. The van der Waals surface area contributed by atoms with E-state index >= 15 is 0 Å². The van der Waals surface area contributed by atoms with Crippen LogP contribution in [-0.2, 0) is 16.8 Å². The molecule has 0 aromatic carbocycles. The van der Waals surface area contributed by atoms with Gasteiger partial charge in [0.2, 0.25) is 5.91 Å². The second-order valence-corrected chi connectivity index (χ2v) is 8.68. The lowest BCUT2D eigenvalue weighted by Gasteiger charge is -2.40. The monoisotopic (exact) mass is 444 g/mol. The van der Waals surface area contributed by atoms with Crippen LogP contribution in [0.1, 0.15) is 41.8 Å². The quantitative estimate of drug-likeness (QED) is 0.329. The van der Waals surface area contributed by atoms with Gasteiger partial charge in [-0.1, -0.05) is 30.7 Å². The van der Waals surface area contributed by atoms with Gasteiger partial charge in [-0.2, -0.15) is 0 Å². The molecule has 7 nitrogen and oxygen atoms in total. The standard InChI is InChI=1S/C21H25ClN6OS/c1-3-15(19-26-12-16(30-19)11-25-14(2)29)10-27-20(23)28-13-21(7-5-8-21)18-17(22)6-4-9-24-18/h3-4,6,9-10,12H,1,5,7-8,11,13H2,2H3,(H,25,29)(H3,23,27,28)/b15-10+. The molecule has 2 heterocycles. The number of nitrogens with one attached hydrogen (secondary N) is 2. The van der Waals surface area contributed by atoms with Crippen LogP contribution in [0.2, 0.25) is 5.02 Å². The number of amides is 1. The van der Waals surface area contributed by atoms with Crippen molar-refractivity contribution in [1.29, 1.82) is 0 Å². The summed E-state index contributed by atoms with van der Waals surface area (Å²) in [6.45, 7) is 6.30. The predicted molar refractivity (Wildman–Crippen MR) is 122 cm³/mol. The summed E-state index contributed by atoms with van der Waals surface area (Å²) in [7, 11) is 0. The van der Waals surface area contributed by atoms with Crippen LogP contribution in [0.4, 0.5) is 0 Å². The largest absolute Gasteiger partial charge is 0.370 e. The maximum absolute atomic E-state index is 11.1. The van der Waals surface area contributed by atoms with E-state index in [1.807, 2.05) is 12.1 Å². The van der Waals surface area contributed by atoms with Crippen molar-refractivity contribution in [1.82, 2.24) is 20.6 Å². The van der Waals surface area contributed by atoms with Gasteiger partial charge in [-0.25, -0.2) is 4.98 Å². The second-order valence-electron chi connectivity index (χ2n) is 7.16. The SMILES string of the molecule is C=C/C(=C\NC(N)=NCC1(c2ncccc2Cl)CCC1)c1ncc(CNC(C)=O)s1. The fraction of sp³-hybridized carbons (Fsp3) is 0.333. The number of aliphatic imine (C=N–C) groups is 1. The molecule has 3 rings (SSSR count). The number of aromatic nitrogens is 2. The Morgan fingerprint density at radius 3 is 2.90 bits per heavy atom. The van der Waals surface area contributed by atoms with Gasteiger partial charge in [-0.05, 0) is 25.0 Å². The molecule has 0 saturated heterocycles. The van der Waals surface area contributed by atoms with Crippen molar-refractivity contribution in [3.05, 3.63) is 64.0 Å². The van der Waals surface area contributed by atoms with E-state index in [4.69, 9.17) is 17.3 Å². The molecule has 9 heteroatoms. The van der Waals surface area contributed by atoms with Gasteiger partial charge < -0.3 is 16.4 Å². The summed E-state index contributed by atoms with van der Waals surface area (Å²) >= 11 is 7.84. The zero-order valence-electron chi connectivity index (χ0n) is 16.8. The number of hydrogen-bond acceptors (Lipinski definition) is 5. The minimum Gasteiger partial charge on any atom is -0.370 e. The van der Waals surface area contributed by atoms with Gasteiger partial charge in [-0.15, -0.1) is 11.3 Å². The van der Waals surface area contributed by atoms with Crippen LogP contribution in [0.15, 0.2) is 48.4 Å². The minimum atomic E-state index is -0.149. The fourth-order valence-corrected chi connectivity index (χ4v) is 4.41. The van der Waals surface area contributed by atoms with Crippen LogP contribution in [0, 0.1) is 0 Å². The van der Waals surface area contributed by atoms with E-state index in [1.54, 1.807) is 24.7 Å². The Hall–Kier alpha value is -2.71. The lowest BCUT2D eigenvalue weighted by atomic mass is 9.66. The van der Waals surface area contributed by atoms with Gasteiger partial charge in [0.1, 0.15) is 5.01 Å². The average molecular weight is 445 g/mol. The van der Waals surface area contributed by atoms with Gasteiger partial charge >= 0.3 is 0 Å². The number of carbonyl (C=O) groups excluding carboxylic acids is 1. The van der Waals surface area contributed by atoms with Gasteiger partial charge in [-0.3, -0.25) is 14.8 Å². The van der Waals surface area contributed by atoms with Crippen molar-refractivity contribution in [2.75, 3.05) is 6.54 Å². The Morgan fingerprint density at radius 1 is 1.47 bits per heavy atom. The normalized spacial score (nSPS) is 15.9. The van der Waals surface area contributed by atoms with Crippen LogP contribution in [0.25, 0.3) is 5.57 Å². The molecule has 0 aliphatic heterocycles. The summed E-state index contributed by atoms with van der Waals surface area (Å²) in [5.41, 5.74) is 7.62. The number of hydrogen-bond donors (Lipinski definition) is 3. The topological polar surface area (TPSA) is 105 Å². The number of nitrogens with two attached hydrogens (primary N) is 1. The first kappa shape index (κ1) is 22.0. The molecule has 30 heavy (non-hydrogen) atoms. The molecule has 2 aromatic rings. The molecule has 158 valence electrons. The van der Waals surface area contributed by atoms with Gasteiger partial charge in [0.15, 0.2) is 5.96 Å². The van der Waals surface area contributed by atoms with E-state index in [0.29, 0.717) is 24.1 Å². The fourth-order valence-electron chi connectivity index (χ4n) is 3.23. The van der Waals surface area contributed by atoms with Crippen LogP contribution < -0.4 is 16.4 Å². The van der Waals surface area contributed by atoms with E-state index in [0.717, 1.165) is 40.4 Å². The first-order valence-electron chi connectivity index (χ1n) is 9.63. The third-order valence-electron chi connectivity index (χ3n) is 5.03. The molecule has 1 amide bonds. The average Bonchev–Trinajstić information content (AvgIpc) is 3.16. The third kappa shape index (κ3) is 5.25. The maximum atomic E-state index is 11.1. The zero-order valence-corrected chi connectivity index (χ0v) is 18.4. The molecule has 1 aliphatic carbocycles. The first-order chi connectivity index (χ1) is 14.4. The summed E-state index contributed by atoms with van der Waals surface area (Å²) in [5.74, 6) is 0.231. The molecule has 4 N–H and O–H groups in total. The Bertz CT molecular complexity index is 979. The van der Waals surface area contributed by atoms with Crippen molar-refractivity contribution < 1.29 is 4.79 Å². The Balaban J connectivity index is 1.65. The van der Waals surface area contributed by atoms with Gasteiger partial charge in [0.05, 0.1) is 23.8 Å². The molecule has 0 spiro atoms. The Morgan fingerprint density at radius 2 is 2.27 bits per heavy atom. The number of carbonyl (C=O) groups is 1. The first-order valence-corrected chi connectivity index (χ1v) is 10.8. The molecule has 1 aliphatic rings. The highest BCUT2D eigenvalue weighted by Crippen LogP contribution is 2.45. The van der Waals surface area contributed by atoms with Crippen LogP contribution in [0.3, 0.4) is 0 Å². The van der Waals surface area contributed by atoms with Crippen molar-refractivity contribution in [3.8, 4) is 0 Å². The van der Waals surface area contributed by atoms with Crippen LogP contribution in [-0.4, -0.2) is 28.4 Å². The second kappa shape index (κ2) is 9.86. The van der Waals surface area contributed by atoms with Crippen LogP contribution >= 0.6 is 22.9 Å². The number of rotatable bonds is 8. The predicted octanol–water partition coefficient (Wildman–Crippen LogP) is 3.38. The number of halogens is 1. The van der Waals surface area contributed by atoms with E-state index in [9.17, 15) is 4.79 Å². The molecule has 0 radical (unpaired) electrons. The smallest absolute Gasteiger partial charge is 0.217 e. The van der Waals surface area contributed by atoms with E-state index in [1.165, 1.54) is 18.3 Å². The highest BCUT2D eigenvalue weighted by Gasteiger charge is 2.41. The molecular formula is C21H25ClN6OS. The summed E-state index contributed by atoms with van der Waals surface area (Å²) in [6, 6.07) is 3.70. The Kier molecular flexibility index (Phi) is 7.23. The highest BCUT2D eigenvalue weighted by atomic mass is 35.5. The summed E-state index contributed by atoms with van der Waals surface area (Å²) in [4.78, 5) is 25.4. The van der Waals surface area contributed by atoms with Crippen molar-refractivity contribution in [2.45, 2.75) is 38.1 Å². The highest BCUT2D eigenvalue weighted by molar-refractivity contribution is 7.12. The number of pyridine rings is 1. The molecule has 0 atom stereocenters. The zero-order chi connectivity index (χ0) is 21.6. The molecule has 0 unspecified atom stereocenters. The summed E-state index contributed by atoms with van der Waals surface area (Å²) in [5, 5.41) is 7.23. The van der Waals surface area contributed by atoms with Crippen LogP contribution in [0.5, 0.6) is 0 Å². The van der Waals surface area contributed by atoms with Gasteiger partial charge in [0.25, 0.3) is 0 Å². The lowest BCUT2D eigenvalue weighted by Crippen LogP contribution is -2.40. The molecule has 1 saturated carbocycles. The number of allylic oxidation sites excluding steroid dienone is 2. The van der Waals surface area contributed by atoms with Crippen molar-refractivity contribution >= 4 is 40.4 Å². The van der Waals surface area contributed by atoms with E-state index in [2.05, 4.69) is 32.2 Å². The third-order valence-corrected chi connectivity index (χ3v) is 6.38. The van der Waals surface area contributed by atoms with E-state index in [-0.39, 0.29) is 11.3 Å². The molecule has 0 bridgehead atoms. The maximum Gasteiger partial charge on any atom is 0.217 e. The van der Waals surface area contributed by atoms with Crippen molar-refractivity contribution in [2.24, 2.45) is 10.7 Å². The Labute approximate surface area is 185 Å². The molecule has 1 fully saturated rings. The number of thiazole rings is 1. The lowest BCUT2D eigenvalue weighted by molar-refractivity contribution is -0.119. The minimum absolute atomic E-state index is 0.0775. The van der Waals surface area contributed by atoms with Gasteiger partial charge in [0, 0.05) is 41.4 Å². The molecule has 2 aromatic heterocycles. The molecular weight excluding hydrogens is 420 g/mol. The summed E-state index contributed by atoms with van der Waals surface area (Å²) in [6.07, 6.45) is 10.0.